The van der Waals surface area contributed by atoms with Crippen LogP contribution in [0.5, 0.6) is 5.75 Å². The van der Waals surface area contributed by atoms with Crippen LogP contribution in [-0.4, -0.2) is 36.3 Å². The number of carbonyl (C=O) groups is 2. The Morgan fingerprint density at radius 1 is 1.07 bits per heavy atom. The summed E-state index contributed by atoms with van der Waals surface area (Å²) in [5, 5.41) is 11.4. The molecule has 0 fully saturated rings. The number of nitrogens with one attached hydrogen (secondary N) is 1. The summed E-state index contributed by atoms with van der Waals surface area (Å²) in [6, 6.07) is 14.9. The van der Waals surface area contributed by atoms with Crippen LogP contribution in [0.2, 0.25) is 0 Å². The fourth-order valence-electron chi connectivity index (χ4n) is 2.66. The second-order valence-corrected chi connectivity index (χ2v) is 8.41. The zero-order valence-electron chi connectivity index (χ0n) is 16.6. The van der Waals surface area contributed by atoms with E-state index in [9.17, 15) is 9.59 Å². The SMILES string of the molecule is COC(=O)c1ccc(CSc2nnc(NC(=O)CCc3ccccc3OC)s2)cc1. The maximum Gasteiger partial charge on any atom is 0.337 e. The van der Waals surface area contributed by atoms with E-state index in [1.165, 1.54) is 30.2 Å². The molecule has 0 atom stereocenters. The van der Waals surface area contributed by atoms with E-state index in [1.807, 2.05) is 36.4 Å². The third-order valence-electron chi connectivity index (χ3n) is 4.20. The summed E-state index contributed by atoms with van der Waals surface area (Å²) < 4.78 is 10.8. The van der Waals surface area contributed by atoms with Gasteiger partial charge in [-0.25, -0.2) is 4.79 Å². The first-order valence-electron chi connectivity index (χ1n) is 9.14. The molecular formula is C21H21N3O4S2. The number of carbonyl (C=O) groups excluding carboxylic acids is 2. The number of amides is 1. The number of aryl methyl sites for hydroxylation is 1. The summed E-state index contributed by atoms with van der Waals surface area (Å²) in [6.07, 6.45) is 0.910. The second-order valence-electron chi connectivity index (χ2n) is 6.21. The van der Waals surface area contributed by atoms with Crippen molar-refractivity contribution in [1.29, 1.82) is 0 Å². The van der Waals surface area contributed by atoms with Crippen molar-refractivity contribution in [2.75, 3.05) is 19.5 Å². The van der Waals surface area contributed by atoms with Crippen molar-refractivity contribution in [3.63, 3.8) is 0 Å². The van der Waals surface area contributed by atoms with E-state index in [1.54, 1.807) is 19.2 Å². The Kier molecular flexibility index (Phi) is 7.81. The largest absolute Gasteiger partial charge is 0.496 e. The van der Waals surface area contributed by atoms with Crippen molar-refractivity contribution in [3.8, 4) is 5.75 Å². The third-order valence-corrected chi connectivity index (χ3v) is 6.25. The van der Waals surface area contributed by atoms with Crippen LogP contribution in [0.3, 0.4) is 0 Å². The molecule has 0 unspecified atom stereocenters. The Labute approximate surface area is 182 Å². The molecule has 1 amide bonds. The average Bonchev–Trinajstić information content (AvgIpc) is 3.23. The van der Waals surface area contributed by atoms with Crippen molar-refractivity contribution in [1.82, 2.24) is 10.2 Å². The van der Waals surface area contributed by atoms with Crippen LogP contribution < -0.4 is 10.1 Å². The fourth-order valence-corrected chi connectivity index (χ4v) is 4.38. The number of anilines is 1. The molecule has 3 aromatic rings. The van der Waals surface area contributed by atoms with Gasteiger partial charge in [-0.05, 0) is 35.7 Å². The number of benzene rings is 2. The molecule has 1 N–H and O–H groups in total. The molecule has 1 aromatic heterocycles. The molecule has 156 valence electrons. The van der Waals surface area contributed by atoms with Gasteiger partial charge in [-0.2, -0.15) is 0 Å². The number of thioether (sulfide) groups is 1. The zero-order chi connectivity index (χ0) is 21.3. The first kappa shape index (κ1) is 21.8. The number of esters is 1. The number of aromatic nitrogens is 2. The van der Waals surface area contributed by atoms with Gasteiger partial charge in [0.15, 0.2) is 4.34 Å². The van der Waals surface area contributed by atoms with Gasteiger partial charge < -0.3 is 14.8 Å². The van der Waals surface area contributed by atoms with Gasteiger partial charge in [0.1, 0.15) is 5.75 Å². The van der Waals surface area contributed by atoms with Gasteiger partial charge in [0.2, 0.25) is 11.0 Å². The van der Waals surface area contributed by atoms with E-state index >= 15 is 0 Å². The lowest BCUT2D eigenvalue weighted by Gasteiger charge is -2.07. The van der Waals surface area contributed by atoms with E-state index in [4.69, 9.17) is 9.47 Å². The van der Waals surface area contributed by atoms with Crippen LogP contribution in [0, 0.1) is 0 Å². The van der Waals surface area contributed by atoms with E-state index in [0.29, 0.717) is 29.3 Å². The smallest absolute Gasteiger partial charge is 0.337 e. The summed E-state index contributed by atoms with van der Waals surface area (Å²) in [4.78, 5) is 23.7. The minimum Gasteiger partial charge on any atom is -0.496 e. The standard InChI is InChI=1S/C21H21N3O4S2/c1-27-17-6-4-3-5-15(17)11-12-18(25)22-20-23-24-21(30-20)29-13-14-7-9-16(10-8-14)19(26)28-2/h3-10H,11-13H2,1-2H3,(H,22,23,25). The van der Waals surface area contributed by atoms with E-state index in [-0.39, 0.29) is 11.9 Å². The van der Waals surface area contributed by atoms with Crippen molar-refractivity contribution in [2.24, 2.45) is 0 Å². The highest BCUT2D eigenvalue weighted by Gasteiger charge is 2.11. The molecule has 3 rings (SSSR count). The summed E-state index contributed by atoms with van der Waals surface area (Å²) in [7, 11) is 2.98. The number of methoxy groups -OCH3 is 2. The molecule has 0 saturated heterocycles. The highest BCUT2D eigenvalue weighted by atomic mass is 32.2. The molecule has 0 saturated carbocycles. The maximum atomic E-state index is 12.2. The molecule has 0 aliphatic carbocycles. The van der Waals surface area contributed by atoms with Crippen LogP contribution in [0.15, 0.2) is 52.9 Å². The topological polar surface area (TPSA) is 90.4 Å². The zero-order valence-corrected chi connectivity index (χ0v) is 18.2. The number of hydrogen-bond donors (Lipinski definition) is 1. The molecule has 1 heterocycles. The number of para-hydroxylation sites is 1. The van der Waals surface area contributed by atoms with Gasteiger partial charge in [-0.15, -0.1) is 10.2 Å². The number of ether oxygens (including phenoxy) is 2. The Hall–Kier alpha value is -2.91. The van der Waals surface area contributed by atoms with Gasteiger partial charge in [0, 0.05) is 12.2 Å². The molecule has 0 radical (unpaired) electrons. The average molecular weight is 444 g/mol. The van der Waals surface area contributed by atoms with E-state index in [2.05, 4.69) is 15.5 Å². The monoisotopic (exact) mass is 443 g/mol. The normalized spacial score (nSPS) is 10.5. The minimum atomic E-state index is -0.357. The van der Waals surface area contributed by atoms with Gasteiger partial charge in [-0.1, -0.05) is 53.4 Å². The van der Waals surface area contributed by atoms with Crippen LogP contribution >= 0.6 is 23.1 Å². The summed E-state index contributed by atoms with van der Waals surface area (Å²) in [6.45, 7) is 0. The van der Waals surface area contributed by atoms with Crippen LogP contribution in [0.1, 0.15) is 27.9 Å². The second kappa shape index (κ2) is 10.7. The first-order chi connectivity index (χ1) is 14.6. The Balaban J connectivity index is 1.47. The summed E-state index contributed by atoms with van der Waals surface area (Å²) in [5.41, 5.74) is 2.55. The Bertz CT molecular complexity index is 1010. The molecule has 7 nitrogen and oxygen atoms in total. The summed E-state index contributed by atoms with van der Waals surface area (Å²) >= 11 is 2.85. The highest BCUT2D eigenvalue weighted by molar-refractivity contribution is 8.00. The van der Waals surface area contributed by atoms with Crippen LogP contribution in [0.25, 0.3) is 0 Å². The Morgan fingerprint density at radius 3 is 2.57 bits per heavy atom. The quantitative estimate of drug-likeness (QED) is 0.301. The molecule has 0 aliphatic rings. The molecule has 9 heteroatoms. The molecule has 0 aliphatic heterocycles. The predicted molar refractivity (Wildman–Crippen MR) is 117 cm³/mol. The molecule has 0 bridgehead atoms. The van der Waals surface area contributed by atoms with Crippen molar-refractivity contribution in [2.45, 2.75) is 22.9 Å². The maximum absolute atomic E-state index is 12.2. The molecule has 0 spiro atoms. The van der Waals surface area contributed by atoms with E-state index < -0.39 is 0 Å². The number of nitrogens with zero attached hydrogens (tertiary/aromatic N) is 2. The van der Waals surface area contributed by atoms with Crippen LogP contribution in [-0.2, 0) is 21.7 Å². The molecule has 30 heavy (non-hydrogen) atoms. The third kappa shape index (κ3) is 6.04. The van der Waals surface area contributed by atoms with Gasteiger partial charge in [-0.3, -0.25) is 4.79 Å². The lowest BCUT2D eigenvalue weighted by atomic mass is 10.1. The van der Waals surface area contributed by atoms with Gasteiger partial charge >= 0.3 is 5.97 Å². The van der Waals surface area contributed by atoms with Crippen molar-refractivity contribution in [3.05, 3.63) is 65.2 Å². The Morgan fingerprint density at radius 2 is 1.83 bits per heavy atom. The number of rotatable bonds is 9. The van der Waals surface area contributed by atoms with Crippen molar-refractivity contribution >= 4 is 40.1 Å². The number of hydrogen-bond acceptors (Lipinski definition) is 8. The predicted octanol–water partition coefficient (Wildman–Crippen LogP) is 4.20. The van der Waals surface area contributed by atoms with Gasteiger partial charge in [0.05, 0.1) is 19.8 Å². The van der Waals surface area contributed by atoms with Gasteiger partial charge in [0.25, 0.3) is 0 Å². The summed E-state index contributed by atoms with van der Waals surface area (Å²) in [5.74, 6) is 0.980. The lowest BCUT2D eigenvalue weighted by molar-refractivity contribution is -0.116. The minimum absolute atomic E-state index is 0.119. The molecule has 2 aromatic carbocycles. The van der Waals surface area contributed by atoms with Crippen molar-refractivity contribution < 1.29 is 19.1 Å². The first-order valence-corrected chi connectivity index (χ1v) is 10.9. The van der Waals surface area contributed by atoms with Crippen LogP contribution in [0.4, 0.5) is 5.13 Å². The molecular weight excluding hydrogens is 422 g/mol. The fraction of sp³-hybridized carbons (Fsp3) is 0.238. The van der Waals surface area contributed by atoms with E-state index in [0.717, 1.165) is 21.2 Å². The lowest BCUT2D eigenvalue weighted by Crippen LogP contribution is -2.12. The highest BCUT2D eigenvalue weighted by Crippen LogP contribution is 2.28.